The van der Waals surface area contributed by atoms with Gasteiger partial charge in [-0.2, -0.15) is 5.10 Å². The minimum absolute atomic E-state index is 0.272. The third kappa shape index (κ3) is 3.25. The maximum atomic E-state index is 12.9. The highest BCUT2D eigenvalue weighted by Gasteiger charge is 2.19. The number of carbonyl (C=O) groups excluding carboxylic acids is 1. The number of carbonyl (C=O) groups is 1. The lowest BCUT2D eigenvalue weighted by Crippen LogP contribution is -2.12. The third-order valence-electron chi connectivity index (χ3n) is 4.39. The number of ether oxygens (including phenoxy) is 1. The molecule has 0 unspecified atom stereocenters. The standard InChI is InChI=1S/C21H17N3O4/c1-12-20(16-11-15(27-2)6-8-18(16)28-12)21(26)22-14-5-3-4-13(10-14)17-7-9-19(25)24-23-17/h3-11H,1-2H3,(H,22,26)(H,24,25). The molecule has 0 bridgehead atoms. The van der Waals surface area contributed by atoms with Crippen LogP contribution in [0.15, 0.2) is 63.8 Å². The summed E-state index contributed by atoms with van der Waals surface area (Å²) < 4.78 is 11.0. The molecular weight excluding hydrogens is 358 g/mol. The number of aryl methyl sites for hydroxylation is 1. The van der Waals surface area contributed by atoms with Crippen LogP contribution in [0.1, 0.15) is 16.1 Å². The smallest absolute Gasteiger partial charge is 0.264 e. The lowest BCUT2D eigenvalue weighted by Gasteiger charge is -2.07. The summed E-state index contributed by atoms with van der Waals surface area (Å²) in [5.41, 5.74) is 2.78. The Balaban J connectivity index is 1.67. The number of anilines is 1. The van der Waals surface area contributed by atoms with Crippen molar-refractivity contribution in [2.75, 3.05) is 12.4 Å². The number of aromatic nitrogens is 2. The Labute approximate surface area is 160 Å². The van der Waals surface area contributed by atoms with Crippen LogP contribution in [0.25, 0.3) is 22.2 Å². The molecule has 0 aliphatic rings. The van der Waals surface area contributed by atoms with Crippen LogP contribution in [0.2, 0.25) is 0 Å². The van der Waals surface area contributed by atoms with Crippen LogP contribution < -0.4 is 15.6 Å². The van der Waals surface area contributed by atoms with Gasteiger partial charge in [0, 0.05) is 22.7 Å². The highest BCUT2D eigenvalue weighted by atomic mass is 16.5. The van der Waals surface area contributed by atoms with Crippen LogP contribution in [-0.4, -0.2) is 23.2 Å². The van der Waals surface area contributed by atoms with Gasteiger partial charge in [0.1, 0.15) is 17.1 Å². The number of hydrogen-bond acceptors (Lipinski definition) is 5. The average molecular weight is 375 g/mol. The zero-order valence-electron chi connectivity index (χ0n) is 15.3. The summed E-state index contributed by atoms with van der Waals surface area (Å²) in [6.07, 6.45) is 0. The SMILES string of the molecule is COc1ccc2oc(C)c(C(=O)Nc3cccc(-c4ccc(=O)[nH]n4)c3)c2c1. The van der Waals surface area contributed by atoms with Gasteiger partial charge in [0.05, 0.1) is 18.4 Å². The Hall–Kier alpha value is -3.87. The fraction of sp³-hybridized carbons (Fsp3) is 0.0952. The van der Waals surface area contributed by atoms with E-state index in [1.807, 2.05) is 6.07 Å². The lowest BCUT2D eigenvalue weighted by molar-refractivity contribution is 0.102. The van der Waals surface area contributed by atoms with E-state index in [9.17, 15) is 9.59 Å². The fourth-order valence-corrected chi connectivity index (χ4v) is 3.06. The Kier molecular flexibility index (Phi) is 4.41. The number of benzene rings is 2. The largest absolute Gasteiger partial charge is 0.497 e. The van der Waals surface area contributed by atoms with Gasteiger partial charge < -0.3 is 14.5 Å². The number of aromatic amines is 1. The molecule has 0 spiro atoms. The molecule has 2 aromatic heterocycles. The molecule has 28 heavy (non-hydrogen) atoms. The number of methoxy groups -OCH3 is 1. The molecule has 0 atom stereocenters. The Morgan fingerprint density at radius 1 is 1.14 bits per heavy atom. The second-order valence-electron chi connectivity index (χ2n) is 6.24. The van der Waals surface area contributed by atoms with Crippen molar-refractivity contribution in [1.29, 1.82) is 0 Å². The number of nitrogens with one attached hydrogen (secondary N) is 2. The summed E-state index contributed by atoms with van der Waals surface area (Å²) in [6.45, 7) is 1.75. The molecule has 0 saturated heterocycles. The zero-order valence-corrected chi connectivity index (χ0v) is 15.3. The van der Waals surface area contributed by atoms with Crippen molar-refractivity contribution in [3.05, 3.63) is 76.3 Å². The molecule has 1 amide bonds. The van der Waals surface area contributed by atoms with Gasteiger partial charge in [0.25, 0.3) is 11.5 Å². The molecule has 0 saturated carbocycles. The van der Waals surface area contributed by atoms with Crippen LogP contribution in [-0.2, 0) is 0 Å². The Morgan fingerprint density at radius 2 is 2.00 bits per heavy atom. The van der Waals surface area contributed by atoms with Gasteiger partial charge in [-0.05, 0) is 43.3 Å². The monoisotopic (exact) mass is 375 g/mol. The second kappa shape index (κ2) is 7.03. The first kappa shape index (κ1) is 17.5. The molecule has 2 heterocycles. The van der Waals surface area contributed by atoms with E-state index in [1.54, 1.807) is 56.5 Å². The maximum Gasteiger partial charge on any atom is 0.264 e. The number of fused-ring (bicyclic) bond motifs is 1. The molecule has 4 aromatic rings. The van der Waals surface area contributed by atoms with Crippen molar-refractivity contribution in [1.82, 2.24) is 10.2 Å². The minimum atomic E-state index is -0.281. The number of furan rings is 1. The van der Waals surface area contributed by atoms with Crippen LogP contribution in [0, 0.1) is 6.92 Å². The number of hydrogen-bond donors (Lipinski definition) is 2. The van der Waals surface area contributed by atoms with E-state index in [4.69, 9.17) is 9.15 Å². The lowest BCUT2D eigenvalue weighted by atomic mass is 10.1. The first-order valence-electron chi connectivity index (χ1n) is 8.60. The molecule has 7 heteroatoms. The Bertz CT molecular complexity index is 1220. The molecule has 0 aliphatic carbocycles. The van der Waals surface area contributed by atoms with Crippen molar-refractivity contribution >= 4 is 22.6 Å². The maximum absolute atomic E-state index is 12.9. The van der Waals surface area contributed by atoms with Crippen LogP contribution in [0.4, 0.5) is 5.69 Å². The topological polar surface area (TPSA) is 97.2 Å². The summed E-state index contributed by atoms with van der Waals surface area (Å²) in [6, 6.07) is 15.6. The molecule has 2 aromatic carbocycles. The number of nitrogens with zero attached hydrogens (tertiary/aromatic N) is 1. The van der Waals surface area contributed by atoms with E-state index in [0.717, 1.165) is 5.56 Å². The van der Waals surface area contributed by atoms with Crippen molar-refractivity contribution < 1.29 is 13.9 Å². The first-order chi connectivity index (χ1) is 13.5. The molecule has 0 fully saturated rings. The summed E-state index contributed by atoms with van der Waals surface area (Å²) in [5.74, 6) is 0.892. The van der Waals surface area contributed by atoms with Gasteiger partial charge in [-0.15, -0.1) is 0 Å². The average Bonchev–Trinajstić information content (AvgIpc) is 3.03. The fourth-order valence-electron chi connectivity index (χ4n) is 3.06. The van der Waals surface area contributed by atoms with Crippen molar-refractivity contribution in [2.24, 2.45) is 0 Å². The molecule has 140 valence electrons. The Morgan fingerprint density at radius 3 is 2.75 bits per heavy atom. The molecule has 4 rings (SSSR count). The van der Waals surface area contributed by atoms with E-state index in [2.05, 4.69) is 15.5 Å². The van der Waals surface area contributed by atoms with Gasteiger partial charge in [-0.25, -0.2) is 5.10 Å². The first-order valence-corrected chi connectivity index (χ1v) is 8.60. The summed E-state index contributed by atoms with van der Waals surface area (Å²) in [7, 11) is 1.57. The van der Waals surface area contributed by atoms with E-state index in [-0.39, 0.29) is 11.5 Å². The number of rotatable bonds is 4. The van der Waals surface area contributed by atoms with Gasteiger partial charge in [0.15, 0.2) is 0 Å². The van der Waals surface area contributed by atoms with Crippen molar-refractivity contribution in [3.63, 3.8) is 0 Å². The van der Waals surface area contributed by atoms with E-state index < -0.39 is 0 Å². The predicted molar refractivity (Wildman–Crippen MR) is 106 cm³/mol. The molecule has 7 nitrogen and oxygen atoms in total. The van der Waals surface area contributed by atoms with Crippen molar-refractivity contribution in [2.45, 2.75) is 6.92 Å². The molecule has 0 radical (unpaired) electrons. The zero-order chi connectivity index (χ0) is 19.7. The third-order valence-corrected chi connectivity index (χ3v) is 4.39. The number of amides is 1. The van der Waals surface area contributed by atoms with Crippen LogP contribution in [0.3, 0.4) is 0 Å². The van der Waals surface area contributed by atoms with E-state index in [0.29, 0.717) is 39.4 Å². The molecule has 0 aliphatic heterocycles. The summed E-state index contributed by atoms with van der Waals surface area (Å²) >= 11 is 0. The summed E-state index contributed by atoms with van der Waals surface area (Å²) in [5, 5.41) is 10.0. The highest BCUT2D eigenvalue weighted by Crippen LogP contribution is 2.30. The minimum Gasteiger partial charge on any atom is -0.497 e. The van der Waals surface area contributed by atoms with Crippen LogP contribution in [0.5, 0.6) is 5.75 Å². The summed E-state index contributed by atoms with van der Waals surface area (Å²) in [4.78, 5) is 24.1. The van der Waals surface area contributed by atoms with Gasteiger partial charge in [-0.3, -0.25) is 9.59 Å². The van der Waals surface area contributed by atoms with Gasteiger partial charge >= 0.3 is 0 Å². The molecular formula is C21H17N3O4. The normalized spacial score (nSPS) is 10.8. The van der Waals surface area contributed by atoms with E-state index in [1.165, 1.54) is 6.07 Å². The highest BCUT2D eigenvalue weighted by molar-refractivity contribution is 6.13. The quantitative estimate of drug-likeness (QED) is 0.566. The molecule has 2 N–H and O–H groups in total. The number of H-pyrrole nitrogens is 1. The van der Waals surface area contributed by atoms with Gasteiger partial charge in [0.2, 0.25) is 0 Å². The van der Waals surface area contributed by atoms with Crippen molar-refractivity contribution in [3.8, 4) is 17.0 Å². The second-order valence-corrected chi connectivity index (χ2v) is 6.24. The van der Waals surface area contributed by atoms with E-state index >= 15 is 0 Å². The predicted octanol–water partition coefficient (Wildman–Crippen LogP) is 3.75. The van der Waals surface area contributed by atoms with Crippen LogP contribution >= 0.6 is 0 Å². The van der Waals surface area contributed by atoms with Gasteiger partial charge in [-0.1, -0.05) is 12.1 Å².